The molecule has 0 aliphatic carbocycles. The molecule has 0 bridgehead atoms. The van der Waals surface area contributed by atoms with Crippen LogP contribution in [-0.2, 0) is 16.4 Å². The van der Waals surface area contributed by atoms with E-state index in [1.54, 1.807) is 41.3 Å². The van der Waals surface area contributed by atoms with Crippen molar-refractivity contribution >= 4 is 27.3 Å². The number of benzene rings is 3. The van der Waals surface area contributed by atoms with Crippen molar-refractivity contribution in [1.82, 2.24) is 0 Å². The van der Waals surface area contributed by atoms with Crippen molar-refractivity contribution in [2.45, 2.75) is 37.6 Å². The number of amides is 1. The highest BCUT2D eigenvalue weighted by Gasteiger charge is 2.31. The molecule has 3 aromatic carbocycles. The molecule has 1 unspecified atom stereocenters. The molecule has 172 valence electrons. The van der Waals surface area contributed by atoms with Gasteiger partial charge in [0.25, 0.3) is 15.9 Å². The molecule has 3 aromatic rings. The van der Waals surface area contributed by atoms with E-state index < -0.39 is 10.0 Å². The maximum atomic E-state index is 13.7. The van der Waals surface area contributed by atoms with E-state index in [1.807, 2.05) is 38.1 Å². The second-order valence-corrected chi connectivity index (χ2v) is 10.3. The zero-order valence-electron chi connectivity index (χ0n) is 19.3. The van der Waals surface area contributed by atoms with Gasteiger partial charge in [0.05, 0.1) is 17.7 Å². The monoisotopic (exact) mass is 464 g/mol. The van der Waals surface area contributed by atoms with Gasteiger partial charge in [-0.2, -0.15) is 0 Å². The van der Waals surface area contributed by atoms with Crippen LogP contribution in [0, 0.1) is 6.92 Å². The van der Waals surface area contributed by atoms with Crippen LogP contribution in [0.5, 0.6) is 5.75 Å². The van der Waals surface area contributed by atoms with Gasteiger partial charge in [0, 0.05) is 24.3 Å². The van der Waals surface area contributed by atoms with Gasteiger partial charge in [-0.1, -0.05) is 36.4 Å². The molecule has 0 radical (unpaired) electrons. The van der Waals surface area contributed by atoms with E-state index in [0.717, 1.165) is 29.7 Å². The van der Waals surface area contributed by atoms with Gasteiger partial charge in [0.15, 0.2) is 0 Å². The normalized spacial score (nSPS) is 15.6. The molecule has 1 heterocycles. The number of hydrogen-bond acceptors (Lipinski definition) is 4. The first kappa shape index (κ1) is 22.9. The number of fused-ring (bicyclic) bond motifs is 1. The van der Waals surface area contributed by atoms with Crippen LogP contribution in [-0.4, -0.2) is 34.5 Å². The number of hydrogen-bond donors (Lipinski definition) is 0. The lowest BCUT2D eigenvalue weighted by atomic mass is 9.95. The lowest BCUT2D eigenvalue weighted by Gasteiger charge is -2.35. The highest BCUT2D eigenvalue weighted by atomic mass is 32.2. The first-order chi connectivity index (χ1) is 15.8. The lowest BCUT2D eigenvalue weighted by Crippen LogP contribution is -2.42. The molecule has 6 nitrogen and oxygen atoms in total. The number of methoxy groups -OCH3 is 1. The Morgan fingerprint density at radius 2 is 1.76 bits per heavy atom. The number of rotatable bonds is 5. The molecule has 0 saturated carbocycles. The predicted octanol–water partition coefficient (Wildman–Crippen LogP) is 4.81. The van der Waals surface area contributed by atoms with E-state index >= 15 is 0 Å². The fourth-order valence-electron chi connectivity index (χ4n) is 4.30. The summed E-state index contributed by atoms with van der Waals surface area (Å²) in [5.74, 6) is 0.259. The Morgan fingerprint density at radius 1 is 1.06 bits per heavy atom. The minimum atomic E-state index is -3.92. The molecule has 1 atom stereocenters. The molecule has 33 heavy (non-hydrogen) atoms. The van der Waals surface area contributed by atoms with Crippen molar-refractivity contribution in [3.8, 4) is 5.75 Å². The Hall–Kier alpha value is -3.32. The van der Waals surface area contributed by atoms with Crippen LogP contribution in [0.2, 0.25) is 0 Å². The van der Waals surface area contributed by atoms with Crippen LogP contribution >= 0.6 is 0 Å². The van der Waals surface area contributed by atoms with Crippen molar-refractivity contribution < 1.29 is 17.9 Å². The molecule has 1 aliphatic heterocycles. The van der Waals surface area contributed by atoms with Gasteiger partial charge >= 0.3 is 0 Å². The molecule has 1 amide bonds. The number of para-hydroxylation sites is 3. The summed E-state index contributed by atoms with van der Waals surface area (Å²) in [4.78, 5) is 15.6. The van der Waals surface area contributed by atoms with Crippen molar-refractivity contribution in [2.24, 2.45) is 0 Å². The van der Waals surface area contributed by atoms with Gasteiger partial charge < -0.3 is 9.64 Å². The largest absolute Gasteiger partial charge is 0.495 e. The van der Waals surface area contributed by atoms with Gasteiger partial charge in [-0.25, -0.2) is 8.42 Å². The third-order valence-electron chi connectivity index (χ3n) is 6.26. The average molecular weight is 465 g/mol. The minimum Gasteiger partial charge on any atom is -0.495 e. The van der Waals surface area contributed by atoms with Gasteiger partial charge in [0.1, 0.15) is 5.75 Å². The molecule has 0 aromatic heterocycles. The number of aryl methyl sites for hydroxylation is 2. The molecule has 1 aliphatic rings. The fourth-order valence-corrected chi connectivity index (χ4v) is 5.53. The zero-order chi connectivity index (χ0) is 23.8. The molecule has 0 saturated heterocycles. The number of ether oxygens (including phenoxy) is 1. The van der Waals surface area contributed by atoms with Gasteiger partial charge in [-0.3, -0.25) is 9.10 Å². The fraction of sp³-hybridized carbons (Fsp3) is 0.269. The standard InChI is InChI=1S/C26H28N2O4S/c1-18-13-16-21(33(30,31)27(3)24-11-7-8-12-25(24)32-4)17-22(18)26(29)28-19(2)14-15-20-9-5-6-10-23(20)28/h5-13,16-17,19H,14-15H2,1-4H3. The van der Waals surface area contributed by atoms with Crippen LogP contribution in [0.1, 0.15) is 34.8 Å². The SMILES string of the molecule is COc1ccccc1N(C)S(=O)(=O)c1ccc(C)c(C(=O)N2c3ccccc3CCC2C)c1. The maximum Gasteiger partial charge on any atom is 0.264 e. The molecule has 0 spiro atoms. The highest BCUT2D eigenvalue weighted by molar-refractivity contribution is 7.92. The van der Waals surface area contributed by atoms with Crippen LogP contribution in [0.4, 0.5) is 11.4 Å². The topological polar surface area (TPSA) is 66.9 Å². The Morgan fingerprint density at radius 3 is 2.52 bits per heavy atom. The first-order valence-corrected chi connectivity index (χ1v) is 12.3. The molecule has 0 N–H and O–H groups in total. The molecular weight excluding hydrogens is 436 g/mol. The molecule has 0 fully saturated rings. The second-order valence-electron chi connectivity index (χ2n) is 8.31. The second kappa shape index (κ2) is 8.90. The van der Waals surface area contributed by atoms with Crippen molar-refractivity contribution in [3.05, 3.63) is 83.4 Å². The van der Waals surface area contributed by atoms with E-state index in [-0.39, 0.29) is 16.8 Å². The third kappa shape index (κ3) is 4.09. The third-order valence-corrected chi connectivity index (χ3v) is 8.03. The summed E-state index contributed by atoms with van der Waals surface area (Å²) in [7, 11) is -0.936. The summed E-state index contributed by atoms with van der Waals surface area (Å²) >= 11 is 0. The van der Waals surface area contributed by atoms with Crippen molar-refractivity contribution in [3.63, 3.8) is 0 Å². The van der Waals surface area contributed by atoms with Crippen LogP contribution < -0.4 is 13.9 Å². The smallest absolute Gasteiger partial charge is 0.264 e. The molecule has 4 rings (SSSR count). The summed E-state index contributed by atoms with van der Waals surface area (Å²) in [6, 6.07) is 19.6. The van der Waals surface area contributed by atoms with Crippen molar-refractivity contribution in [2.75, 3.05) is 23.4 Å². The Labute approximate surface area is 195 Å². The number of anilines is 2. The van der Waals surface area contributed by atoms with Gasteiger partial charge in [-0.15, -0.1) is 0 Å². The van der Waals surface area contributed by atoms with E-state index in [0.29, 0.717) is 17.0 Å². The summed E-state index contributed by atoms with van der Waals surface area (Å²) < 4.78 is 33.5. The lowest BCUT2D eigenvalue weighted by molar-refractivity contribution is 0.0974. The van der Waals surface area contributed by atoms with Crippen LogP contribution in [0.25, 0.3) is 0 Å². The first-order valence-electron chi connectivity index (χ1n) is 10.9. The van der Waals surface area contributed by atoms with E-state index in [2.05, 4.69) is 0 Å². The van der Waals surface area contributed by atoms with E-state index in [9.17, 15) is 13.2 Å². The number of sulfonamides is 1. The van der Waals surface area contributed by atoms with E-state index in [1.165, 1.54) is 24.5 Å². The molecule has 7 heteroatoms. The average Bonchev–Trinajstić information content (AvgIpc) is 2.83. The van der Waals surface area contributed by atoms with Crippen LogP contribution in [0.15, 0.2) is 71.6 Å². The Bertz CT molecular complexity index is 1300. The molecular formula is C26H28N2O4S. The van der Waals surface area contributed by atoms with Gasteiger partial charge in [0.2, 0.25) is 0 Å². The van der Waals surface area contributed by atoms with Crippen LogP contribution in [0.3, 0.4) is 0 Å². The number of nitrogens with zero attached hydrogens (tertiary/aromatic N) is 2. The maximum absolute atomic E-state index is 13.7. The zero-order valence-corrected chi connectivity index (χ0v) is 20.1. The van der Waals surface area contributed by atoms with Crippen molar-refractivity contribution in [1.29, 1.82) is 0 Å². The summed E-state index contributed by atoms with van der Waals surface area (Å²) in [6.45, 7) is 3.85. The number of carbonyl (C=O) groups is 1. The summed E-state index contributed by atoms with van der Waals surface area (Å²) in [5.41, 5.74) is 3.55. The predicted molar refractivity (Wildman–Crippen MR) is 131 cm³/mol. The van der Waals surface area contributed by atoms with Gasteiger partial charge in [-0.05, 0) is 68.1 Å². The quantitative estimate of drug-likeness (QED) is 0.544. The van der Waals surface area contributed by atoms with E-state index in [4.69, 9.17) is 4.74 Å². The Kier molecular flexibility index (Phi) is 6.17. The number of carbonyl (C=O) groups excluding carboxylic acids is 1. The highest BCUT2D eigenvalue weighted by Crippen LogP contribution is 2.34. The summed E-state index contributed by atoms with van der Waals surface area (Å²) in [5, 5.41) is 0. The summed E-state index contributed by atoms with van der Waals surface area (Å²) in [6.07, 6.45) is 1.77. The Balaban J connectivity index is 1.75. The minimum absolute atomic E-state index is 0.0170.